The van der Waals surface area contributed by atoms with Gasteiger partial charge < -0.3 is 14.6 Å². The van der Waals surface area contributed by atoms with Crippen LogP contribution in [-0.4, -0.2) is 34.4 Å². The molecule has 118 valence electrons. The molecule has 0 fully saturated rings. The molecular weight excluding hydrogens is 311 g/mol. The molecule has 1 aromatic heterocycles. The van der Waals surface area contributed by atoms with Crippen molar-refractivity contribution in [3.63, 3.8) is 0 Å². The molecule has 2 aromatic rings. The van der Waals surface area contributed by atoms with Crippen molar-refractivity contribution in [2.75, 3.05) is 13.7 Å². The lowest BCUT2D eigenvalue weighted by molar-refractivity contribution is 0.0937. The zero-order chi connectivity index (χ0) is 16.1. The maximum absolute atomic E-state index is 13.0. The maximum Gasteiger partial charge on any atom is 0.253 e. The van der Waals surface area contributed by atoms with Crippen molar-refractivity contribution < 1.29 is 13.9 Å². The topological polar surface area (TPSA) is 69.0 Å². The molecule has 0 saturated carbocycles. The average Bonchev–Trinajstić information content (AvgIpc) is 2.93. The van der Waals surface area contributed by atoms with E-state index in [2.05, 4.69) is 15.5 Å². The SMILES string of the molecule is COCCn1cnnc1[C@H](C)NC(=O)c1ccc(F)cc1Cl. The van der Waals surface area contributed by atoms with Gasteiger partial charge in [0.1, 0.15) is 12.1 Å². The minimum atomic E-state index is -0.492. The molecule has 2 rings (SSSR count). The number of halogens is 2. The first-order valence-electron chi connectivity index (χ1n) is 6.65. The Labute approximate surface area is 132 Å². The maximum atomic E-state index is 13.0. The highest BCUT2D eigenvalue weighted by Crippen LogP contribution is 2.18. The third-order valence-electron chi connectivity index (χ3n) is 3.09. The molecule has 1 amide bonds. The summed E-state index contributed by atoms with van der Waals surface area (Å²) in [6.45, 7) is 2.87. The van der Waals surface area contributed by atoms with Gasteiger partial charge in [0.2, 0.25) is 0 Å². The molecule has 0 spiro atoms. The summed E-state index contributed by atoms with van der Waals surface area (Å²) < 4.78 is 19.8. The van der Waals surface area contributed by atoms with Gasteiger partial charge in [0.15, 0.2) is 5.82 Å². The first kappa shape index (κ1) is 16.4. The summed E-state index contributed by atoms with van der Waals surface area (Å²) in [5.41, 5.74) is 0.206. The van der Waals surface area contributed by atoms with Crippen LogP contribution in [0, 0.1) is 5.82 Å². The summed E-state index contributed by atoms with van der Waals surface area (Å²) in [4.78, 5) is 12.2. The van der Waals surface area contributed by atoms with Gasteiger partial charge >= 0.3 is 0 Å². The van der Waals surface area contributed by atoms with E-state index in [1.54, 1.807) is 24.9 Å². The fourth-order valence-electron chi connectivity index (χ4n) is 1.97. The standard InChI is InChI=1S/C14H16ClFN4O2/c1-9(13-19-17-8-20(13)5-6-22-2)18-14(21)11-4-3-10(16)7-12(11)15/h3-4,7-9H,5-6H2,1-2H3,(H,18,21)/t9-/m0/s1. The Morgan fingerprint density at radius 2 is 2.32 bits per heavy atom. The molecule has 22 heavy (non-hydrogen) atoms. The number of nitrogens with zero attached hydrogens (tertiary/aromatic N) is 3. The molecule has 1 atom stereocenters. The van der Waals surface area contributed by atoms with Crippen LogP contribution in [0.4, 0.5) is 4.39 Å². The second-order valence-corrected chi connectivity index (χ2v) is 5.10. The fraction of sp³-hybridized carbons (Fsp3) is 0.357. The number of hydrogen-bond donors (Lipinski definition) is 1. The Bertz CT molecular complexity index is 662. The molecule has 0 aliphatic rings. The van der Waals surface area contributed by atoms with Crippen molar-refractivity contribution in [2.45, 2.75) is 19.5 Å². The number of amides is 1. The van der Waals surface area contributed by atoms with Crippen LogP contribution >= 0.6 is 11.6 Å². The highest BCUT2D eigenvalue weighted by Gasteiger charge is 2.18. The van der Waals surface area contributed by atoms with Crippen molar-refractivity contribution in [1.29, 1.82) is 0 Å². The van der Waals surface area contributed by atoms with Crippen molar-refractivity contribution in [3.8, 4) is 0 Å². The number of hydrogen-bond acceptors (Lipinski definition) is 4. The molecule has 0 unspecified atom stereocenters. The van der Waals surface area contributed by atoms with Crippen molar-refractivity contribution >= 4 is 17.5 Å². The lowest BCUT2D eigenvalue weighted by Crippen LogP contribution is -2.29. The molecule has 0 radical (unpaired) electrons. The lowest BCUT2D eigenvalue weighted by Gasteiger charge is -2.15. The van der Waals surface area contributed by atoms with E-state index < -0.39 is 11.7 Å². The third-order valence-corrected chi connectivity index (χ3v) is 3.41. The average molecular weight is 327 g/mol. The summed E-state index contributed by atoms with van der Waals surface area (Å²) in [6.07, 6.45) is 1.57. The smallest absolute Gasteiger partial charge is 0.253 e. The molecule has 1 aromatic carbocycles. The van der Waals surface area contributed by atoms with Gasteiger partial charge in [0.25, 0.3) is 5.91 Å². The third kappa shape index (κ3) is 3.80. The number of carbonyl (C=O) groups excluding carboxylic acids is 1. The normalized spacial score (nSPS) is 12.2. The predicted molar refractivity (Wildman–Crippen MR) is 79.2 cm³/mol. The zero-order valence-electron chi connectivity index (χ0n) is 12.2. The second-order valence-electron chi connectivity index (χ2n) is 4.69. The van der Waals surface area contributed by atoms with Crippen LogP contribution in [0.15, 0.2) is 24.5 Å². The Morgan fingerprint density at radius 1 is 1.55 bits per heavy atom. The molecule has 1 N–H and O–H groups in total. The number of methoxy groups -OCH3 is 1. The van der Waals surface area contributed by atoms with Gasteiger partial charge in [-0.1, -0.05) is 11.6 Å². The van der Waals surface area contributed by atoms with Crippen LogP contribution in [0.5, 0.6) is 0 Å². The van der Waals surface area contributed by atoms with E-state index in [0.29, 0.717) is 19.0 Å². The van der Waals surface area contributed by atoms with Crippen LogP contribution in [0.2, 0.25) is 5.02 Å². The van der Waals surface area contributed by atoms with E-state index in [4.69, 9.17) is 16.3 Å². The summed E-state index contributed by atoms with van der Waals surface area (Å²) in [6, 6.07) is 3.25. The van der Waals surface area contributed by atoms with Crippen molar-refractivity contribution in [3.05, 3.63) is 46.8 Å². The van der Waals surface area contributed by atoms with Crippen LogP contribution in [0.25, 0.3) is 0 Å². The quantitative estimate of drug-likeness (QED) is 0.883. The highest BCUT2D eigenvalue weighted by molar-refractivity contribution is 6.33. The zero-order valence-corrected chi connectivity index (χ0v) is 13.0. The molecular formula is C14H16ClFN4O2. The van der Waals surface area contributed by atoms with E-state index >= 15 is 0 Å². The predicted octanol–water partition coefficient (Wildman–Crippen LogP) is 2.21. The fourth-order valence-corrected chi connectivity index (χ4v) is 2.23. The van der Waals surface area contributed by atoms with Gasteiger partial charge in [-0.15, -0.1) is 10.2 Å². The van der Waals surface area contributed by atoms with E-state index in [1.165, 1.54) is 12.1 Å². The Balaban J connectivity index is 2.09. The summed E-state index contributed by atoms with van der Waals surface area (Å²) in [7, 11) is 1.60. The van der Waals surface area contributed by atoms with Gasteiger partial charge in [-0.3, -0.25) is 4.79 Å². The van der Waals surface area contributed by atoms with Crippen molar-refractivity contribution in [1.82, 2.24) is 20.1 Å². The van der Waals surface area contributed by atoms with Crippen LogP contribution in [-0.2, 0) is 11.3 Å². The Hall–Kier alpha value is -1.99. The second kappa shape index (κ2) is 7.33. The number of aromatic nitrogens is 3. The molecule has 0 bridgehead atoms. The van der Waals surface area contributed by atoms with E-state index in [-0.39, 0.29) is 16.6 Å². The highest BCUT2D eigenvalue weighted by atomic mass is 35.5. The monoisotopic (exact) mass is 326 g/mol. The number of nitrogens with one attached hydrogen (secondary N) is 1. The molecule has 0 saturated heterocycles. The number of rotatable bonds is 6. The molecule has 6 nitrogen and oxygen atoms in total. The van der Waals surface area contributed by atoms with Gasteiger partial charge in [-0.25, -0.2) is 4.39 Å². The Morgan fingerprint density at radius 3 is 3.00 bits per heavy atom. The Kier molecular flexibility index (Phi) is 5.46. The molecule has 0 aliphatic heterocycles. The van der Waals surface area contributed by atoms with E-state index in [0.717, 1.165) is 6.07 Å². The van der Waals surface area contributed by atoms with Gasteiger partial charge in [0, 0.05) is 13.7 Å². The van der Waals surface area contributed by atoms with E-state index in [9.17, 15) is 9.18 Å². The van der Waals surface area contributed by atoms with Crippen LogP contribution < -0.4 is 5.32 Å². The van der Waals surface area contributed by atoms with E-state index in [1.807, 2.05) is 0 Å². The van der Waals surface area contributed by atoms with Gasteiger partial charge in [-0.05, 0) is 25.1 Å². The number of carbonyl (C=O) groups is 1. The van der Waals surface area contributed by atoms with Crippen molar-refractivity contribution in [2.24, 2.45) is 0 Å². The lowest BCUT2D eigenvalue weighted by atomic mass is 10.2. The number of benzene rings is 1. The minimum Gasteiger partial charge on any atom is -0.383 e. The molecule has 1 heterocycles. The minimum absolute atomic E-state index is 0.0607. The van der Waals surface area contributed by atoms with Gasteiger partial charge in [0.05, 0.1) is 23.2 Å². The van der Waals surface area contributed by atoms with Crippen LogP contribution in [0.3, 0.4) is 0 Å². The summed E-state index contributed by atoms with van der Waals surface area (Å²) in [5, 5.41) is 10.7. The first-order chi connectivity index (χ1) is 10.5. The molecule has 8 heteroatoms. The largest absolute Gasteiger partial charge is 0.383 e. The summed E-state index contributed by atoms with van der Waals surface area (Å²) >= 11 is 5.88. The first-order valence-corrected chi connectivity index (χ1v) is 7.03. The number of ether oxygens (including phenoxy) is 1. The van der Waals surface area contributed by atoms with Gasteiger partial charge in [-0.2, -0.15) is 0 Å². The summed E-state index contributed by atoms with van der Waals surface area (Å²) in [5.74, 6) is -0.295. The van der Waals surface area contributed by atoms with Crippen LogP contribution in [0.1, 0.15) is 29.1 Å². The molecule has 0 aliphatic carbocycles.